The van der Waals surface area contributed by atoms with Crippen LogP contribution in [0, 0.1) is 6.92 Å². The van der Waals surface area contributed by atoms with E-state index >= 15 is 0 Å². The minimum atomic E-state index is 0.145. The third kappa shape index (κ3) is 2.74. The molecule has 1 nitrogen and oxygen atoms in total. The monoisotopic (exact) mass is 329 g/mol. The molecule has 17 heavy (non-hydrogen) atoms. The maximum atomic E-state index is 6.28. The van der Waals surface area contributed by atoms with Crippen LogP contribution >= 0.6 is 38.9 Å². The Morgan fingerprint density at radius 2 is 2.06 bits per heavy atom. The number of hydrogen-bond donors (Lipinski definition) is 1. The highest BCUT2D eigenvalue weighted by atomic mass is 79.9. The summed E-state index contributed by atoms with van der Waals surface area (Å²) in [6.45, 7) is 2.14. The summed E-state index contributed by atoms with van der Waals surface area (Å²) in [6, 6.07) is 8.25. The Morgan fingerprint density at radius 3 is 2.65 bits per heavy atom. The van der Waals surface area contributed by atoms with Crippen molar-refractivity contribution in [2.75, 3.05) is 7.05 Å². The predicted octanol–water partition coefficient (Wildman–Crippen LogP) is 4.78. The number of rotatable bonds is 3. The second-order valence-corrected chi connectivity index (χ2v) is 6.26. The normalized spacial score (nSPS) is 12.7. The van der Waals surface area contributed by atoms with Crippen LogP contribution in [0.4, 0.5) is 0 Å². The fourth-order valence-electron chi connectivity index (χ4n) is 1.91. The Kier molecular flexibility index (Phi) is 4.26. The number of halogens is 2. The largest absolute Gasteiger partial charge is 0.309 e. The molecule has 4 heteroatoms. The van der Waals surface area contributed by atoms with Gasteiger partial charge in [0.05, 0.1) is 6.04 Å². The van der Waals surface area contributed by atoms with Gasteiger partial charge in [-0.3, -0.25) is 0 Å². The van der Waals surface area contributed by atoms with Crippen LogP contribution in [0.15, 0.2) is 34.1 Å². The Balaban J connectivity index is 2.49. The summed E-state index contributed by atoms with van der Waals surface area (Å²) in [6.07, 6.45) is 0. The molecule has 0 saturated carbocycles. The molecule has 1 aromatic heterocycles. The molecule has 0 saturated heterocycles. The van der Waals surface area contributed by atoms with Crippen molar-refractivity contribution in [3.63, 3.8) is 0 Å². The van der Waals surface area contributed by atoms with Gasteiger partial charge in [-0.2, -0.15) is 0 Å². The van der Waals surface area contributed by atoms with Gasteiger partial charge in [-0.25, -0.2) is 0 Å². The number of aryl methyl sites for hydroxylation is 1. The topological polar surface area (TPSA) is 12.0 Å². The number of benzene rings is 1. The van der Waals surface area contributed by atoms with E-state index < -0.39 is 0 Å². The number of nitrogens with one attached hydrogen (secondary N) is 1. The molecule has 1 aromatic carbocycles. The second-order valence-electron chi connectivity index (χ2n) is 3.82. The van der Waals surface area contributed by atoms with E-state index in [1.165, 1.54) is 10.4 Å². The van der Waals surface area contributed by atoms with Gasteiger partial charge in [0.15, 0.2) is 0 Å². The summed E-state index contributed by atoms with van der Waals surface area (Å²) in [5, 5.41) is 6.23. The Hall–Kier alpha value is -0.350. The summed E-state index contributed by atoms with van der Waals surface area (Å²) in [4.78, 5) is 1.32. The van der Waals surface area contributed by atoms with Gasteiger partial charge in [0.1, 0.15) is 0 Å². The lowest BCUT2D eigenvalue weighted by Gasteiger charge is -2.18. The van der Waals surface area contributed by atoms with Crippen LogP contribution in [0.3, 0.4) is 0 Å². The maximum Gasteiger partial charge on any atom is 0.0600 e. The van der Waals surface area contributed by atoms with E-state index in [-0.39, 0.29) is 6.04 Å². The Bertz CT molecular complexity index is 524. The van der Waals surface area contributed by atoms with E-state index in [2.05, 4.69) is 45.7 Å². The van der Waals surface area contributed by atoms with Crippen LogP contribution in [0.5, 0.6) is 0 Å². The minimum absolute atomic E-state index is 0.145. The fourth-order valence-corrected chi connectivity index (χ4v) is 3.25. The van der Waals surface area contributed by atoms with Crippen LogP contribution in [0.1, 0.15) is 22.0 Å². The third-order valence-electron chi connectivity index (χ3n) is 2.77. The van der Waals surface area contributed by atoms with Crippen molar-refractivity contribution in [1.82, 2.24) is 5.32 Å². The van der Waals surface area contributed by atoms with Crippen LogP contribution in [-0.2, 0) is 0 Å². The van der Waals surface area contributed by atoms with Gasteiger partial charge >= 0.3 is 0 Å². The maximum absolute atomic E-state index is 6.28. The molecular weight excluding hydrogens is 318 g/mol. The van der Waals surface area contributed by atoms with Crippen molar-refractivity contribution in [3.8, 4) is 0 Å². The van der Waals surface area contributed by atoms with Crippen molar-refractivity contribution in [3.05, 3.63) is 55.1 Å². The predicted molar refractivity (Wildman–Crippen MR) is 79.1 cm³/mol. The van der Waals surface area contributed by atoms with Crippen molar-refractivity contribution in [2.24, 2.45) is 0 Å². The molecule has 0 bridgehead atoms. The first-order valence-corrected chi connectivity index (χ1v) is 7.34. The first-order valence-electron chi connectivity index (χ1n) is 5.29. The molecule has 0 amide bonds. The van der Waals surface area contributed by atoms with E-state index in [0.717, 1.165) is 15.1 Å². The Morgan fingerprint density at radius 1 is 1.29 bits per heavy atom. The molecule has 1 heterocycles. The number of hydrogen-bond acceptors (Lipinski definition) is 2. The Labute approximate surface area is 119 Å². The van der Waals surface area contributed by atoms with Crippen LogP contribution < -0.4 is 5.32 Å². The zero-order valence-corrected chi connectivity index (χ0v) is 12.8. The zero-order valence-electron chi connectivity index (χ0n) is 9.63. The molecule has 1 unspecified atom stereocenters. The van der Waals surface area contributed by atoms with E-state index in [9.17, 15) is 0 Å². The zero-order chi connectivity index (χ0) is 12.4. The molecule has 0 spiro atoms. The molecule has 1 atom stereocenters. The van der Waals surface area contributed by atoms with Crippen molar-refractivity contribution < 1.29 is 0 Å². The van der Waals surface area contributed by atoms with Crippen LogP contribution in [0.2, 0.25) is 5.02 Å². The van der Waals surface area contributed by atoms with Crippen LogP contribution in [-0.4, -0.2) is 7.05 Å². The summed E-state index contributed by atoms with van der Waals surface area (Å²) < 4.78 is 1.05. The van der Waals surface area contributed by atoms with Gasteiger partial charge in [0.25, 0.3) is 0 Å². The molecule has 2 aromatic rings. The summed E-state index contributed by atoms with van der Waals surface area (Å²) >= 11 is 11.5. The molecule has 1 N–H and O–H groups in total. The first-order chi connectivity index (χ1) is 8.13. The summed E-state index contributed by atoms with van der Waals surface area (Å²) in [5.74, 6) is 0. The lowest BCUT2D eigenvalue weighted by molar-refractivity contribution is 0.691. The highest BCUT2D eigenvalue weighted by Crippen LogP contribution is 2.33. The lowest BCUT2D eigenvalue weighted by Crippen LogP contribution is -2.18. The quantitative estimate of drug-likeness (QED) is 0.854. The fraction of sp³-hybridized carbons (Fsp3) is 0.231. The SMILES string of the molecule is CNC(c1cc(Br)ccc1Cl)c1ccsc1C. The van der Waals surface area contributed by atoms with Gasteiger partial charge in [-0.05, 0) is 54.7 Å². The third-order valence-corrected chi connectivity index (χ3v) is 4.47. The van der Waals surface area contributed by atoms with E-state index in [1.807, 2.05) is 19.2 Å². The molecule has 90 valence electrons. The smallest absolute Gasteiger partial charge is 0.0600 e. The lowest BCUT2D eigenvalue weighted by atomic mass is 10.00. The summed E-state index contributed by atoms with van der Waals surface area (Å²) in [5.41, 5.74) is 2.39. The van der Waals surface area contributed by atoms with Gasteiger partial charge in [-0.15, -0.1) is 11.3 Å². The van der Waals surface area contributed by atoms with E-state index in [0.29, 0.717) is 0 Å². The van der Waals surface area contributed by atoms with Crippen molar-refractivity contribution >= 4 is 38.9 Å². The van der Waals surface area contributed by atoms with Crippen molar-refractivity contribution in [1.29, 1.82) is 0 Å². The molecule has 0 aliphatic heterocycles. The standard InChI is InChI=1S/C13H13BrClNS/c1-8-10(5-6-17-8)13(16-2)11-7-9(14)3-4-12(11)15/h3-7,13,16H,1-2H3. The van der Waals surface area contributed by atoms with E-state index in [4.69, 9.17) is 11.6 Å². The van der Waals surface area contributed by atoms with Crippen LogP contribution in [0.25, 0.3) is 0 Å². The highest BCUT2D eigenvalue weighted by molar-refractivity contribution is 9.10. The first kappa shape index (κ1) is 13.1. The highest BCUT2D eigenvalue weighted by Gasteiger charge is 2.17. The molecule has 0 radical (unpaired) electrons. The average Bonchev–Trinajstić information content (AvgIpc) is 2.71. The molecular formula is C13H13BrClNS. The van der Waals surface area contributed by atoms with Gasteiger partial charge < -0.3 is 5.32 Å². The van der Waals surface area contributed by atoms with Gasteiger partial charge in [0.2, 0.25) is 0 Å². The summed E-state index contributed by atoms with van der Waals surface area (Å²) in [7, 11) is 1.96. The molecule has 0 aliphatic rings. The van der Waals surface area contributed by atoms with Crippen molar-refractivity contribution in [2.45, 2.75) is 13.0 Å². The molecule has 0 fully saturated rings. The van der Waals surface area contributed by atoms with E-state index in [1.54, 1.807) is 11.3 Å². The second kappa shape index (κ2) is 5.53. The average molecular weight is 331 g/mol. The van der Waals surface area contributed by atoms with Gasteiger partial charge in [-0.1, -0.05) is 27.5 Å². The van der Waals surface area contributed by atoms with Gasteiger partial charge in [0, 0.05) is 14.4 Å². The minimum Gasteiger partial charge on any atom is -0.309 e. The molecule has 2 rings (SSSR count). The molecule has 0 aliphatic carbocycles. The number of thiophene rings is 1.